The Kier molecular flexibility index (Phi) is 7.14. The van der Waals surface area contributed by atoms with E-state index < -0.39 is 6.23 Å². The second-order valence-electron chi connectivity index (χ2n) is 6.05. The summed E-state index contributed by atoms with van der Waals surface area (Å²) in [6, 6.07) is 0. The number of allylic oxidation sites excluding steroid dienone is 5. The molecule has 2 aliphatic carbocycles. The largest absolute Gasteiger partial charge is 0.493 e. The van der Waals surface area contributed by atoms with Crippen LogP contribution >= 0.6 is 11.8 Å². The van der Waals surface area contributed by atoms with Gasteiger partial charge in [-0.3, -0.25) is 4.79 Å². The van der Waals surface area contributed by atoms with E-state index in [0.29, 0.717) is 22.1 Å². The topological polar surface area (TPSA) is 93.8 Å². The summed E-state index contributed by atoms with van der Waals surface area (Å²) in [5.41, 5.74) is 8.45. The summed E-state index contributed by atoms with van der Waals surface area (Å²) >= 11 is 1.39. The zero-order valence-electron chi connectivity index (χ0n) is 15.6. The molecular formula is C19H26N2O4S. The van der Waals surface area contributed by atoms with Crippen molar-refractivity contribution in [1.82, 2.24) is 5.32 Å². The van der Waals surface area contributed by atoms with Gasteiger partial charge in [-0.05, 0) is 43.9 Å². The quantitative estimate of drug-likeness (QED) is 0.616. The third kappa shape index (κ3) is 4.81. The normalized spacial score (nSPS) is 19.2. The van der Waals surface area contributed by atoms with Gasteiger partial charge in [0.2, 0.25) is 5.91 Å². The number of hydrogen-bond acceptors (Lipinski definition) is 6. The van der Waals surface area contributed by atoms with Gasteiger partial charge in [-0.25, -0.2) is 0 Å². The van der Waals surface area contributed by atoms with Crippen LogP contribution in [0.25, 0.3) is 0 Å². The van der Waals surface area contributed by atoms with Gasteiger partial charge in [-0.2, -0.15) is 0 Å². The molecule has 0 saturated carbocycles. The van der Waals surface area contributed by atoms with E-state index in [4.69, 9.17) is 15.2 Å². The summed E-state index contributed by atoms with van der Waals surface area (Å²) in [6.07, 6.45) is 7.62. The average molecular weight is 378 g/mol. The number of nitrogens with one attached hydrogen (secondary N) is 1. The Morgan fingerprint density at radius 3 is 2.54 bits per heavy atom. The number of hydrogen-bond donors (Lipinski definition) is 3. The van der Waals surface area contributed by atoms with E-state index in [9.17, 15) is 9.90 Å². The Hall–Kier alpha value is -1.96. The first-order valence-electron chi connectivity index (χ1n) is 8.40. The Morgan fingerprint density at radius 2 is 1.96 bits per heavy atom. The summed E-state index contributed by atoms with van der Waals surface area (Å²) in [7, 11) is 3.24. The lowest BCUT2D eigenvalue weighted by Gasteiger charge is -2.21. The van der Waals surface area contributed by atoms with Crippen molar-refractivity contribution in [1.29, 1.82) is 0 Å². The van der Waals surface area contributed by atoms with E-state index >= 15 is 0 Å². The number of aliphatic hydroxyl groups is 1. The molecule has 0 bridgehead atoms. The minimum Gasteiger partial charge on any atom is -0.493 e. The summed E-state index contributed by atoms with van der Waals surface area (Å²) in [5, 5.41) is 13.0. The number of nitrogens with two attached hydrogens (primary N) is 1. The fraction of sp³-hybridized carbons (Fsp3) is 0.421. The smallest absolute Gasteiger partial charge is 0.221 e. The van der Waals surface area contributed by atoms with E-state index in [1.807, 2.05) is 12.2 Å². The molecule has 0 aromatic rings. The number of methoxy groups -OCH3 is 2. The molecule has 0 aromatic heterocycles. The van der Waals surface area contributed by atoms with Crippen LogP contribution in [0.15, 0.2) is 56.4 Å². The highest BCUT2D eigenvalue weighted by molar-refractivity contribution is 8.07. The number of thioether (sulfide) groups is 1. The maximum atomic E-state index is 11.6. The molecule has 6 nitrogen and oxygen atoms in total. The van der Waals surface area contributed by atoms with Crippen LogP contribution in [0, 0.1) is 0 Å². The maximum Gasteiger partial charge on any atom is 0.221 e. The molecule has 0 heterocycles. The van der Waals surface area contributed by atoms with E-state index in [2.05, 4.69) is 11.4 Å². The fourth-order valence-electron chi connectivity index (χ4n) is 2.75. The number of amides is 1. The van der Waals surface area contributed by atoms with Crippen LogP contribution in [0.1, 0.15) is 33.1 Å². The van der Waals surface area contributed by atoms with Gasteiger partial charge in [-0.1, -0.05) is 23.4 Å². The van der Waals surface area contributed by atoms with Crippen molar-refractivity contribution < 1.29 is 19.4 Å². The predicted molar refractivity (Wildman–Crippen MR) is 103 cm³/mol. The van der Waals surface area contributed by atoms with Crippen molar-refractivity contribution in [3.8, 4) is 0 Å². The lowest BCUT2D eigenvalue weighted by atomic mass is 9.95. The highest BCUT2D eigenvalue weighted by Gasteiger charge is 2.22. The minimum absolute atomic E-state index is 0.213. The molecule has 4 N–H and O–H groups in total. The Morgan fingerprint density at radius 1 is 1.27 bits per heavy atom. The van der Waals surface area contributed by atoms with Gasteiger partial charge in [0.1, 0.15) is 6.23 Å². The van der Waals surface area contributed by atoms with Crippen molar-refractivity contribution in [3.05, 3.63) is 56.4 Å². The second kappa shape index (κ2) is 9.12. The number of rotatable bonds is 6. The van der Waals surface area contributed by atoms with Gasteiger partial charge in [0.25, 0.3) is 0 Å². The second-order valence-corrected chi connectivity index (χ2v) is 7.11. The molecule has 0 radical (unpaired) electrons. The lowest BCUT2D eigenvalue weighted by Crippen LogP contribution is -2.26. The standard InChI is InChI=1S/C19H26N2O4S/c1-11(18(20)23)19(21-12(2)22)26-17-7-5-6-13-8-9-15(24-3)16(25-4)10-14(13)17/h7,9-10,18,23H,5-6,8,20H2,1-4H3,(H,21,22)/b19-11+. The molecule has 0 saturated heterocycles. The van der Waals surface area contributed by atoms with Crippen molar-refractivity contribution in [2.45, 2.75) is 39.3 Å². The van der Waals surface area contributed by atoms with Crippen molar-refractivity contribution in [3.63, 3.8) is 0 Å². The first kappa shape index (κ1) is 20.4. The van der Waals surface area contributed by atoms with Gasteiger partial charge in [0, 0.05) is 17.4 Å². The van der Waals surface area contributed by atoms with Crippen LogP contribution in [-0.2, 0) is 14.3 Å². The van der Waals surface area contributed by atoms with Crippen LogP contribution in [0.2, 0.25) is 0 Å². The van der Waals surface area contributed by atoms with Gasteiger partial charge in [-0.15, -0.1) is 0 Å². The molecule has 0 aromatic carbocycles. The fourth-order valence-corrected chi connectivity index (χ4v) is 3.96. The molecular weight excluding hydrogens is 352 g/mol. The van der Waals surface area contributed by atoms with Crippen LogP contribution in [0.4, 0.5) is 0 Å². The van der Waals surface area contributed by atoms with Crippen molar-refractivity contribution in [2.24, 2.45) is 5.73 Å². The predicted octanol–water partition coefficient (Wildman–Crippen LogP) is 2.80. The number of carbonyl (C=O) groups is 1. The SMILES string of the molecule is COC1=CCC2=C(C=C1OC)C(S/C(NC(C)=O)=C(\C)C(N)O)=CCC2. The number of aliphatic hydroxyl groups excluding tert-OH is 1. The Balaban J connectivity index is 2.40. The third-order valence-corrected chi connectivity index (χ3v) is 5.45. The van der Waals surface area contributed by atoms with Crippen LogP contribution in [-0.4, -0.2) is 31.5 Å². The van der Waals surface area contributed by atoms with E-state index in [1.165, 1.54) is 24.3 Å². The molecule has 7 heteroatoms. The van der Waals surface area contributed by atoms with Crippen molar-refractivity contribution >= 4 is 17.7 Å². The molecule has 1 unspecified atom stereocenters. The molecule has 142 valence electrons. The lowest BCUT2D eigenvalue weighted by molar-refractivity contribution is -0.118. The number of carbonyl (C=O) groups excluding carboxylic acids is 1. The highest BCUT2D eigenvalue weighted by atomic mass is 32.2. The van der Waals surface area contributed by atoms with Crippen LogP contribution in [0.5, 0.6) is 0 Å². The molecule has 0 aliphatic heterocycles. The van der Waals surface area contributed by atoms with Gasteiger partial charge >= 0.3 is 0 Å². The maximum absolute atomic E-state index is 11.6. The summed E-state index contributed by atoms with van der Waals surface area (Å²) in [5.74, 6) is 1.15. The van der Waals surface area contributed by atoms with E-state index in [-0.39, 0.29) is 5.91 Å². The summed E-state index contributed by atoms with van der Waals surface area (Å²) in [6.45, 7) is 3.13. The zero-order valence-corrected chi connectivity index (χ0v) is 16.4. The van der Waals surface area contributed by atoms with E-state index in [0.717, 1.165) is 29.7 Å². The Bertz CT molecular complexity index is 730. The zero-order chi connectivity index (χ0) is 19.3. The Labute approximate surface area is 158 Å². The monoisotopic (exact) mass is 378 g/mol. The average Bonchev–Trinajstić information content (AvgIpc) is 2.79. The molecule has 1 atom stereocenters. The first-order chi connectivity index (χ1) is 12.4. The molecule has 0 fully saturated rings. The highest BCUT2D eigenvalue weighted by Crippen LogP contribution is 2.41. The molecule has 0 spiro atoms. The molecule has 2 rings (SSSR count). The summed E-state index contributed by atoms with van der Waals surface area (Å²) < 4.78 is 10.9. The minimum atomic E-state index is -1.14. The molecule has 1 amide bonds. The molecule has 26 heavy (non-hydrogen) atoms. The van der Waals surface area contributed by atoms with Crippen molar-refractivity contribution in [2.75, 3.05) is 14.2 Å². The van der Waals surface area contributed by atoms with Gasteiger partial charge in [0.05, 0.1) is 19.2 Å². The number of ether oxygens (including phenoxy) is 2. The van der Waals surface area contributed by atoms with Crippen LogP contribution in [0.3, 0.4) is 0 Å². The van der Waals surface area contributed by atoms with Gasteiger partial charge in [0.15, 0.2) is 11.5 Å². The first-order valence-corrected chi connectivity index (χ1v) is 9.21. The molecule has 2 aliphatic rings. The van der Waals surface area contributed by atoms with E-state index in [1.54, 1.807) is 21.1 Å². The summed E-state index contributed by atoms with van der Waals surface area (Å²) in [4.78, 5) is 12.6. The van der Waals surface area contributed by atoms with Gasteiger partial charge < -0.3 is 25.6 Å². The van der Waals surface area contributed by atoms with Crippen LogP contribution < -0.4 is 11.1 Å². The third-order valence-electron chi connectivity index (χ3n) is 4.22.